The summed E-state index contributed by atoms with van der Waals surface area (Å²) in [5, 5.41) is 2.98. The molecule has 4 rings (SSSR count). The van der Waals surface area contributed by atoms with Gasteiger partial charge < -0.3 is 10.2 Å². The Balaban J connectivity index is 1.40. The molecule has 0 saturated carbocycles. The normalized spacial score (nSPS) is 13.5. The number of amides is 1. The molecule has 6 heteroatoms. The van der Waals surface area contributed by atoms with E-state index in [2.05, 4.69) is 38.6 Å². The molecular weight excluding hydrogens is 380 g/mol. The predicted octanol–water partition coefficient (Wildman–Crippen LogP) is 4.40. The molecule has 0 unspecified atom stereocenters. The van der Waals surface area contributed by atoms with Crippen LogP contribution < -0.4 is 10.2 Å². The van der Waals surface area contributed by atoms with E-state index in [0.29, 0.717) is 12.1 Å². The maximum atomic E-state index is 12.5. The van der Waals surface area contributed by atoms with Crippen LogP contribution in [0.5, 0.6) is 0 Å². The van der Waals surface area contributed by atoms with Crippen LogP contribution in [0.25, 0.3) is 11.3 Å². The Kier molecular flexibility index (Phi) is 6.10. The number of benzene rings is 2. The smallest absolute Gasteiger partial charge is 0.251 e. The van der Waals surface area contributed by atoms with Gasteiger partial charge in [0.15, 0.2) is 0 Å². The fraction of sp³-hybridized carbons (Fsp3) is 0.261. The highest BCUT2D eigenvalue weighted by Crippen LogP contribution is 2.23. The average Bonchev–Trinajstić information content (AvgIpc) is 3.33. The van der Waals surface area contributed by atoms with Gasteiger partial charge in [-0.15, -0.1) is 11.8 Å². The summed E-state index contributed by atoms with van der Waals surface area (Å²) in [5.74, 6) is 0.896. The molecule has 0 radical (unpaired) electrons. The van der Waals surface area contributed by atoms with Crippen LogP contribution >= 0.6 is 11.8 Å². The summed E-state index contributed by atoms with van der Waals surface area (Å²) in [5.41, 5.74) is 3.59. The van der Waals surface area contributed by atoms with Crippen molar-refractivity contribution in [3.63, 3.8) is 0 Å². The van der Waals surface area contributed by atoms with E-state index in [4.69, 9.17) is 0 Å². The van der Waals surface area contributed by atoms with E-state index in [1.54, 1.807) is 18.1 Å². The molecule has 1 N–H and O–H groups in total. The van der Waals surface area contributed by atoms with Gasteiger partial charge in [-0.2, -0.15) is 0 Å². The second-order valence-corrected chi connectivity index (χ2v) is 7.94. The number of aromatic nitrogens is 2. The molecule has 29 heavy (non-hydrogen) atoms. The zero-order chi connectivity index (χ0) is 20.1. The second-order valence-electron chi connectivity index (χ2n) is 7.06. The third kappa shape index (κ3) is 4.77. The van der Waals surface area contributed by atoms with Crippen molar-refractivity contribution in [2.45, 2.75) is 24.3 Å². The van der Waals surface area contributed by atoms with E-state index >= 15 is 0 Å². The van der Waals surface area contributed by atoms with Crippen LogP contribution in [0.1, 0.15) is 28.8 Å². The van der Waals surface area contributed by atoms with Crippen molar-refractivity contribution in [1.29, 1.82) is 0 Å². The summed E-state index contributed by atoms with van der Waals surface area (Å²) in [7, 11) is 0. The van der Waals surface area contributed by atoms with Gasteiger partial charge in [-0.25, -0.2) is 9.97 Å². The number of hydrogen-bond acceptors (Lipinski definition) is 5. The van der Waals surface area contributed by atoms with Crippen LogP contribution in [-0.2, 0) is 6.54 Å². The standard InChI is InChI=1S/C23H24N4OS/c1-29-20-10-4-17(5-11-20)15-24-23(28)19-8-6-18(7-9-19)21-14-22(26-16-25-21)27-12-2-3-13-27/h4-11,14,16H,2-3,12-13,15H2,1H3,(H,24,28). The minimum Gasteiger partial charge on any atom is -0.357 e. The van der Waals surface area contributed by atoms with Crippen molar-refractivity contribution >= 4 is 23.5 Å². The zero-order valence-corrected chi connectivity index (χ0v) is 17.3. The molecule has 0 aliphatic carbocycles. The quantitative estimate of drug-likeness (QED) is 0.617. The van der Waals surface area contributed by atoms with Gasteiger partial charge in [0.2, 0.25) is 0 Å². The number of anilines is 1. The van der Waals surface area contributed by atoms with Gasteiger partial charge in [0.1, 0.15) is 12.1 Å². The first-order valence-corrected chi connectivity index (χ1v) is 11.0. The lowest BCUT2D eigenvalue weighted by molar-refractivity contribution is 0.0951. The molecule has 1 saturated heterocycles. The fourth-order valence-corrected chi connectivity index (χ4v) is 3.85. The van der Waals surface area contributed by atoms with E-state index in [-0.39, 0.29) is 5.91 Å². The highest BCUT2D eigenvalue weighted by atomic mass is 32.2. The second kappa shape index (κ2) is 9.09. The maximum Gasteiger partial charge on any atom is 0.251 e. The molecule has 1 amide bonds. The minimum atomic E-state index is -0.0778. The zero-order valence-electron chi connectivity index (χ0n) is 16.5. The molecule has 0 bridgehead atoms. The summed E-state index contributed by atoms with van der Waals surface area (Å²) in [6.07, 6.45) is 6.09. The van der Waals surface area contributed by atoms with E-state index in [0.717, 1.165) is 35.7 Å². The number of rotatable bonds is 6. The Morgan fingerprint density at radius 2 is 1.76 bits per heavy atom. The maximum absolute atomic E-state index is 12.5. The molecule has 0 spiro atoms. The Labute approximate surface area is 175 Å². The van der Waals surface area contributed by atoms with Crippen molar-refractivity contribution in [1.82, 2.24) is 15.3 Å². The third-order valence-electron chi connectivity index (χ3n) is 5.14. The lowest BCUT2D eigenvalue weighted by Gasteiger charge is -2.16. The lowest BCUT2D eigenvalue weighted by Crippen LogP contribution is -2.22. The number of carbonyl (C=O) groups is 1. The average molecular weight is 405 g/mol. The summed E-state index contributed by atoms with van der Waals surface area (Å²) in [6.45, 7) is 2.62. The van der Waals surface area contributed by atoms with Crippen molar-refractivity contribution in [2.24, 2.45) is 0 Å². The highest BCUT2D eigenvalue weighted by molar-refractivity contribution is 7.98. The number of thioether (sulfide) groups is 1. The van der Waals surface area contributed by atoms with Crippen LogP contribution in [-0.4, -0.2) is 35.2 Å². The summed E-state index contributed by atoms with van der Waals surface area (Å²) in [4.78, 5) is 24.8. The van der Waals surface area contributed by atoms with Gasteiger partial charge >= 0.3 is 0 Å². The molecular formula is C23H24N4OS. The van der Waals surface area contributed by atoms with E-state index in [1.165, 1.54) is 17.7 Å². The van der Waals surface area contributed by atoms with Gasteiger partial charge in [-0.1, -0.05) is 24.3 Å². The molecule has 3 aromatic rings. The fourth-order valence-electron chi connectivity index (χ4n) is 3.44. The molecule has 148 valence electrons. The van der Waals surface area contributed by atoms with Crippen LogP contribution in [0.15, 0.2) is 65.8 Å². The first-order valence-electron chi connectivity index (χ1n) is 9.81. The van der Waals surface area contributed by atoms with E-state index in [9.17, 15) is 4.79 Å². The number of nitrogens with zero attached hydrogens (tertiary/aromatic N) is 3. The summed E-state index contributed by atoms with van der Waals surface area (Å²) < 4.78 is 0. The first-order chi connectivity index (χ1) is 14.2. The van der Waals surface area contributed by atoms with Crippen molar-refractivity contribution in [3.8, 4) is 11.3 Å². The highest BCUT2D eigenvalue weighted by Gasteiger charge is 2.14. The summed E-state index contributed by atoms with van der Waals surface area (Å²) in [6, 6.07) is 17.8. The Morgan fingerprint density at radius 1 is 1.03 bits per heavy atom. The van der Waals surface area contributed by atoms with Gasteiger partial charge in [0.25, 0.3) is 5.91 Å². The molecule has 0 atom stereocenters. The first kappa shape index (κ1) is 19.5. The Morgan fingerprint density at radius 3 is 2.45 bits per heavy atom. The van der Waals surface area contributed by atoms with Gasteiger partial charge in [-0.05, 0) is 48.9 Å². The number of hydrogen-bond donors (Lipinski definition) is 1. The third-order valence-corrected chi connectivity index (χ3v) is 5.88. The van der Waals surface area contributed by atoms with Crippen molar-refractivity contribution < 1.29 is 4.79 Å². The van der Waals surface area contributed by atoms with Crippen LogP contribution in [0.4, 0.5) is 5.82 Å². The molecule has 1 aromatic heterocycles. The predicted molar refractivity (Wildman–Crippen MR) is 118 cm³/mol. The molecule has 1 aliphatic heterocycles. The van der Waals surface area contributed by atoms with Crippen molar-refractivity contribution in [3.05, 3.63) is 72.1 Å². The minimum absolute atomic E-state index is 0.0778. The van der Waals surface area contributed by atoms with E-state index < -0.39 is 0 Å². The SMILES string of the molecule is CSc1ccc(CNC(=O)c2ccc(-c3cc(N4CCCC4)ncn3)cc2)cc1. The molecule has 1 fully saturated rings. The van der Waals surface area contributed by atoms with Crippen LogP contribution in [0.2, 0.25) is 0 Å². The lowest BCUT2D eigenvalue weighted by atomic mass is 10.1. The monoisotopic (exact) mass is 404 g/mol. The molecule has 2 aromatic carbocycles. The molecule has 1 aliphatic rings. The largest absolute Gasteiger partial charge is 0.357 e. The van der Waals surface area contributed by atoms with Gasteiger partial charge in [0, 0.05) is 41.7 Å². The van der Waals surface area contributed by atoms with Gasteiger partial charge in [0.05, 0.1) is 5.69 Å². The molecule has 5 nitrogen and oxygen atoms in total. The van der Waals surface area contributed by atoms with E-state index in [1.807, 2.05) is 42.5 Å². The van der Waals surface area contributed by atoms with Gasteiger partial charge in [-0.3, -0.25) is 4.79 Å². The topological polar surface area (TPSA) is 58.1 Å². The Bertz CT molecular complexity index is 967. The number of carbonyl (C=O) groups excluding carboxylic acids is 1. The van der Waals surface area contributed by atoms with Crippen LogP contribution in [0, 0.1) is 0 Å². The van der Waals surface area contributed by atoms with Crippen LogP contribution in [0.3, 0.4) is 0 Å². The van der Waals surface area contributed by atoms with Crippen molar-refractivity contribution in [2.75, 3.05) is 24.2 Å². The number of nitrogens with one attached hydrogen (secondary N) is 1. The Hall–Kier alpha value is -2.86. The molecule has 2 heterocycles. The summed E-state index contributed by atoms with van der Waals surface area (Å²) >= 11 is 1.71.